The molecule has 0 saturated carbocycles. The topological polar surface area (TPSA) is 0 Å². The first-order chi connectivity index (χ1) is 0. The number of rotatable bonds is 0. The minimum absolute atomic E-state index is 0. The molecule has 0 atom stereocenters. The molecule has 0 fully saturated rings. The fourth-order valence-electron chi connectivity index (χ4n) is 0. The van der Waals surface area contributed by atoms with Crippen molar-refractivity contribution in [1.29, 1.82) is 0 Å². The molecule has 0 rings (SSSR count). The Hall–Kier alpha value is 1.92. The molecule has 0 amide bonds. The molecule has 0 aliphatic carbocycles. The van der Waals surface area contributed by atoms with Crippen LogP contribution in [0.15, 0.2) is 0 Å². The summed E-state index contributed by atoms with van der Waals surface area (Å²) in [6, 6.07) is 0. The molecule has 0 aliphatic heterocycles. The van der Waals surface area contributed by atoms with Crippen LogP contribution in [0.5, 0.6) is 0 Å². The van der Waals surface area contributed by atoms with Crippen molar-refractivity contribution in [3.8, 4) is 0 Å². The van der Waals surface area contributed by atoms with Gasteiger partial charge in [0, 0.05) is 0 Å². The van der Waals surface area contributed by atoms with Crippen LogP contribution < -0.4 is 67.9 Å². The van der Waals surface area contributed by atoms with Crippen molar-refractivity contribution in [3.63, 3.8) is 0 Å². The van der Waals surface area contributed by atoms with Crippen molar-refractivity contribution < 1.29 is 67.9 Å². The minimum atomic E-state index is 0. The van der Waals surface area contributed by atoms with Crippen molar-refractivity contribution >= 4 is 0 Å². The largest absolute Gasteiger partial charge is 4.00 e. The SMILES string of the molecule is [Br-].[Br-].[Br-].[Br-].[C+4]. The monoisotopic (exact) mass is 328 g/mol. The fraction of sp³-hybridized carbons (Fsp3) is 0. The van der Waals surface area contributed by atoms with Crippen LogP contribution in [-0.2, 0) is 0 Å². The van der Waals surface area contributed by atoms with Crippen LogP contribution in [0.4, 0.5) is 0 Å². The van der Waals surface area contributed by atoms with Crippen LogP contribution in [0, 0.1) is 7.43 Å². The Morgan fingerprint density at radius 2 is 0.400 bits per heavy atom. The third-order valence-electron chi connectivity index (χ3n) is 0. The van der Waals surface area contributed by atoms with Crippen LogP contribution in [0.3, 0.4) is 0 Å². The Kier molecular flexibility index (Phi) is 511. The zero-order valence-electron chi connectivity index (χ0n) is 2.01. The molecule has 0 saturated heterocycles. The van der Waals surface area contributed by atoms with Gasteiger partial charge in [-0.3, -0.25) is 0 Å². The number of halogens is 4. The van der Waals surface area contributed by atoms with E-state index in [1.54, 1.807) is 0 Å². The van der Waals surface area contributed by atoms with E-state index in [1.165, 1.54) is 0 Å². The van der Waals surface area contributed by atoms with Gasteiger partial charge in [-0.15, -0.1) is 0 Å². The summed E-state index contributed by atoms with van der Waals surface area (Å²) in [5.41, 5.74) is 0. The van der Waals surface area contributed by atoms with Crippen molar-refractivity contribution in [2.75, 3.05) is 0 Å². The van der Waals surface area contributed by atoms with E-state index >= 15 is 0 Å². The summed E-state index contributed by atoms with van der Waals surface area (Å²) >= 11 is 0. The average molecular weight is 332 g/mol. The smallest absolute Gasteiger partial charge is 1.00 e. The summed E-state index contributed by atoms with van der Waals surface area (Å²) in [5, 5.41) is 0. The molecule has 0 aromatic carbocycles. The first kappa shape index (κ1) is 65.8. The molecule has 0 aromatic heterocycles. The maximum Gasteiger partial charge on any atom is 4.00 e. The van der Waals surface area contributed by atoms with Crippen LogP contribution in [0.1, 0.15) is 0 Å². The molecule has 4 heteroatoms. The van der Waals surface area contributed by atoms with Gasteiger partial charge in [0.15, 0.2) is 0 Å². The molecule has 0 spiro atoms. The average Bonchev–Trinajstić information content (AvgIpc) is 0. The van der Waals surface area contributed by atoms with E-state index in [4.69, 9.17) is 0 Å². The molecule has 0 bridgehead atoms. The Bertz CT molecular complexity index is 3.61. The van der Waals surface area contributed by atoms with E-state index in [-0.39, 0.29) is 75.4 Å². The number of hydrogen-bond acceptors (Lipinski definition) is 0. The van der Waals surface area contributed by atoms with E-state index < -0.39 is 0 Å². The third-order valence-corrected chi connectivity index (χ3v) is 0. The van der Waals surface area contributed by atoms with Gasteiger partial charge in [-0.25, -0.2) is 0 Å². The Labute approximate surface area is 74.8 Å². The van der Waals surface area contributed by atoms with Crippen molar-refractivity contribution in [2.45, 2.75) is 0 Å². The molecule has 32 valence electrons. The van der Waals surface area contributed by atoms with Gasteiger partial charge in [0.1, 0.15) is 0 Å². The quantitative estimate of drug-likeness (QED) is 0.414. The van der Waals surface area contributed by atoms with Gasteiger partial charge < -0.3 is 67.9 Å². The molecule has 0 N–H and O–H groups in total. The molecule has 5 heavy (non-hydrogen) atoms. The Balaban J connectivity index is 0. The zero-order chi connectivity index (χ0) is 0. The predicted octanol–water partition coefficient (Wildman–Crippen LogP) is -11.9. The van der Waals surface area contributed by atoms with E-state index in [2.05, 4.69) is 0 Å². The third kappa shape index (κ3) is 24.7. The summed E-state index contributed by atoms with van der Waals surface area (Å²) in [5.74, 6) is 0. The molecule has 0 nitrogen and oxygen atoms in total. The van der Waals surface area contributed by atoms with Gasteiger partial charge in [-0.05, 0) is 0 Å². The summed E-state index contributed by atoms with van der Waals surface area (Å²) in [6.07, 6.45) is 0. The second kappa shape index (κ2) is 38.9. The minimum Gasteiger partial charge on any atom is -1.00 e. The van der Waals surface area contributed by atoms with Crippen LogP contribution in [-0.4, -0.2) is 0 Å². The normalized spacial score (nSPS) is 0. The Morgan fingerprint density at radius 3 is 0.400 bits per heavy atom. The van der Waals surface area contributed by atoms with Crippen LogP contribution in [0.25, 0.3) is 0 Å². The summed E-state index contributed by atoms with van der Waals surface area (Å²) in [4.78, 5) is 0. The van der Waals surface area contributed by atoms with Crippen molar-refractivity contribution in [1.82, 2.24) is 0 Å². The van der Waals surface area contributed by atoms with Gasteiger partial charge in [0.05, 0.1) is 0 Å². The van der Waals surface area contributed by atoms with Gasteiger partial charge in [0.2, 0.25) is 0 Å². The van der Waals surface area contributed by atoms with Crippen molar-refractivity contribution in [2.24, 2.45) is 0 Å². The van der Waals surface area contributed by atoms with Gasteiger partial charge in [-0.2, -0.15) is 0 Å². The summed E-state index contributed by atoms with van der Waals surface area (Å²) < 4.78 is 0. The zero-order valence-corrected chi connectivity index (χ0v) is 8.36. The Morgan fingerprint density at radius 1 is 0.400 bits per heavy atom. The van der Waals surface area contributed by atoms with Crippen molar-refractivity contribution in [3.05, 3.63) is 7.43 Å². The molecular formula is CBr4. The van der Waals surface area contributed by atoms with Crippen LogP contribution in [0.2, 0.25) is 0 Å². The van der Waals surface area contributed by atoms with Crippen LogP contribution >= 0.6 is 0 Å². The van der Waals surface area contributed by atoms with E-state index in [0.717, 1.165) is 0 Å². The molecular weight excluding hydrogens is 332 g/mol. The van der Waals surface area contributed by atoms with Gasteiger partial charge >= 0.3 is 7.43 Å². The van der Waals surface area contributed by atoms with Gasteiger partial charge in [0.25, 0.3) is 0 Å². The second-order valence-corrected chi connectivity index (χ2v) is 0. The standard InChI is InChI=1S/C.4BrH/h;4*1H/q+4;;;;/p-4. The van der Waals surface area contributed by atoms with Gasteiger partial charge in [-0.1, -0.05) is 0 Å². The summed E-state index contributed by atoms with van der Waals surface area (Å²) in [6.45, 7) is 0. The van der Waals surface area contributed by atoms with E-state index in [9.17, 15) is 0 Å². The molecule has 0 aromatic rings. The van der Waals surface area contributed by atoms with E-state index in [1.807, 2.05) is 0 Å². The number of hydrogen-bond donors (Lipinski definition) is 0. The molecule has 0 unspecified atom stereocenters. The summed E-state index contributed by atoms with van der Waals surface area (Å²) in [7, 11) is 0. The van der Waals surface area contributed by atoms with E-state index in [0.29, 0.717) is 0 Å². The predicted molar refractivity (Wildman–Crippen MR) is 3.24 cm³/mol. The first-order valence-corrected chi connectivity index (χ1v) is 0. The molecule has 0 heterocycles. The molecule has 0 aliphatic rings. The second-order valence-electron chi connectivity index (χ2n) is 0. The maximum atomic E-state index is 0. The maximum absolute atomic E-state index is 0. The molecule has 0 radical (unpaired) electrons. The fourth-order valence-corrected chi connectivity index (χ4v) is 0. The first-order valence-electron chi connectivity index (χ1n) is 0.